The Bertz CT molecular complexity index is 1110. The Morgan fingerprint density at radius 1 is 1.12 bits per heavy atom. The number of nitrogens with one attached hydrogen (secondary N) is 1. The summed E-state index contributed by atoms with van der Waals surface area (Å²) in [6.07, 6.45) is 6.42. The molecule has 1 aliphatic rings. The van der Waals surface area contributed by atoms with Crippen molar-refractivity contribution in [2.75, 3.05) is 32.2 Å². The van der Waals surface area contributed by atoms with Gasteiger partial charge in [-0.05, 0) is 42.2 Å². The van der Waals surface area contributed by atoms with Gasteiger partial charge < -0.3 is 24.3 Å². The third kappa shape index (κ3) is 5.00. The topological polar surface area (TPSA) is 85.7 Å². The first-order valence-electron chi connectivity index (χ1n) is 10.9. The minimum Gasteiger partial charge on any atom is -0.493 e. The summed E-state index contributed by atoms with van der Waals surface area (Å²) in [7, 11) is 3.19. The summed E-state index contributed by atoms with van der Waals surface area (Å²) in [6, 6.07) is 12.9. The number of carbonyl (C=O) groups excluding carboxylic acids is 2. The van der Waals surface area contributed by atoms with E-state index in [0.29, 0.717) is 31.0 Å². The second-order valence-corrected chi connectivity index (χ2v) is 7.89. The quantitative estimate of drug-likeness (QED) is 0.544. The summed E-state index contributed by atoms with van der Waals surface area (Å²) in [6.45, 7) is 1.07. The monoisotopic (exact) mass is 448 g/mol. The molecule has 0 saturated carbocycles. The second-order valence-electron chi connectivity index (χ2n) is 7.89. The normalized spacial score (nSPS) is 13.3. The Hall–Kier alpha value is -3.81. The van der Waals surface area contributed by atoms with Gasteiger partial charge in [0.1, 0.15) is 6.04 Å². The van der Waals surface area contributed by atoms with Crippen LogP contribution in [0.1, 0.15) is 23.6 Å². The molecule has 8 heteroatoms. The number of ether oxygens (including phenoxy) is 2. The lowest BCUT2D eigenvalue weighted by molar-refractivity contribution is -0.128. The van der Waals surface area contributed by atoms with Gasteiger partial charge >= 0.3 is 0 Å². The minimum atomic E-state index is -0.653. The maximum Gasteiger partial charge on any atom is 0.250 e. The summed E-state index contributed by atoms with van der Waals surface area (Å²) in [5.41, 5.74) is 3.08. The number of amides is 2. The maximum absolute atomic E-state index is 13.4. The summed E-state index contributed by atoms with van der Waals surface area (Å²) >= 11 is 0. The van der Waals surface area contributed by atoms with Crippen molar-refractivity contribution in [3.63, 3.8) is 0 Å². The van der Waals surface area contributed by atoms with Crippen LogP contribution in [0.2, 0.25) is 0 Å². The molecule has 172 valence electrons. The molecule has 1 atom stereocenters. The van der Waals surface area contributed by atoms with Crippen LogP contribution < -0.4 is 19.7 Å². The molecular formula is C25H28N4O4. The average molecular weight is 449 g/mol. The van der Waals surface area contributed by atoms with Crippen LogP contribution in [-0.2, 0) is 22.4 Å². The zero-order valence-corrected chi connectivity index (χ0v) is 18.9. The number of imidazole rings is 1. The van der Waals surface area contributed by atoms with E-state index in [9.17, 15) is 9.59 Å². The zero-order chi connectivity index (χ0) is 23.2. The van der Waals surface area contributed by atoms with Crippen molar-refractivity contribution in [3.8, 4) is 11.5 Å². The van der Waals surface area contributed by atoms with Gasteiger partial charge in [0.25, 0.3) is 5.91 Å². The minimum absolute atomic E-state index is 0.0415. The van der Waals surface area contributed by atoms with Gasteiger partial charge in [-0.15, -0.1) is 0 Å². The van der Waals surface area contributed by atoms with E-state index in [-0.39, 0.29) is 18.2 Å². The predicted octanol–water partition coefficient (Wildman–Crippen LogP) is 2.78. The van der Waals surface area contributed by atoms with E-state index in [1.54, 1.807) is 42.4 Å². The number of aromatic nitrogens is 2. The molecule has 2 amide bonds. The number of carbonyl (C=O) groups is 2. The Morgan fingerprint density at radius 3 is 2.70 bits per heavy atom. The summed E-state index contributed by atoms with van der Waals surface area (Å²) in [4.78, 5) is 32.1. The second kappa shape index (κ2) is 10.2. The van der Waals surface area contributed by atoms with E-state index in [4.69, 9.17) is 9.47 Å². The molecule has 0 spiro atoms. The van der Waals surface area contributed by atoms with Crippen molar-refractivity contribution in [1.29, 1.82) is 0 Å². The SMILES string of the molecule is COc1ccc(CCNC(=O)C[C@H](C(=O)N2CCc3ccccc32)n2ccnc2)cc1OC. The van der Waals surface area contributed by atoms with Crippen LogP contribution in [0.25, 0.3) is 0 Å². The number of nitrogens with zero attached hydrogens (tertiary/aromatic N) is 3. The first kappa shape index (κ1) is 22.4. The van der Waals surface area contributed by atoms with Gasteiger partial charge in [-0.3, -0.25) is 9.59 Å². The van der Waals surface area contributed by atoms with Gasteiger partial charge in [0.15, 0.2) is 11.5 Å². The third-order valence-corrected chi connectivity index (χ3v) is 5.89. The number of para-hydroxylation sites is 1. The fourth-order valence-corrected chi connectivity index (χ4v) is 4.15. The van der Waals surface area contributed by atoms with Gasteiger partial charge in [-0.1, -0.05) is 24.3 Å². The Morgan fingerprint density at radius 2 is 1.94 bits per heavy atom. The summed E-state index contributed by atoms with van der Waals surface area (Å²) < 4.78 is 12.3. The van der Waals surface area contributed by atoms with Crippen molar-refractivity contribution in [1.82, 2.24) is 14.9 Å². The highest BCUT2D eigenvalue weighted by Crippen LogP contribution is 2.30. The molecule has 0 unspecified atom stereocenters. The van der Waals surface area contributed by atoms with Crippen molar-refractivity contribution in [2.24, 2.45) is 0 Å². The Labute approximate surface area is 193 Å². The number of hydrogen-bond acceptors (Lipinski definition) is 5. The van der Waals surface area contributed by atoms with Crippen molar-refractivity contribution in [2.45, 2.75) is 25.3 Å². The number of anilines is 1. The molecule has 0 fully saturated rings. The lowest BCUT2D eigenvalue weighted by atomic mass is 10.1. The fourth-order valence-electron chi connectivity index (χ4n) is 4.15. The first-order chi connectivity index (χ1) is 16.1. The van der Waals surface area contributed by atoms with E-state index < -0.39 is 6.04 Å². The summed E-state index contributed by atoms with van der Waals surface area (Å²) in [5, 5.41) is 2.94. The fraction of sp³-hybridized carbons (Fsp3) is 0.320. The third-order valence-electron chi connectivity index (χ3n) is 5.89. The standard InChI is InChI=1S/C25H28N4O4/c1-32-22-8-7-18(15-23(22)33-2)9-11-27-24(30)16-21(28-14-12-26-17-28)25(31)29-13-10-19-5-3-4-6-20(19)29/h3-8,12,14-15,17,21H,9-11,13,16H2,1-2H3,(H,27,30)/t21-/m1/s1. The van der Waals surface area contributed by atoms with Gasteiger partial charge in [0.05, 0.1) is 27.0 Å². The van der Waals surface area contributed by atoms with Crippen molar-refractivity contribution < 1.29 is 19.1 Å². The number of rotatable bonds is 9. The molecule has 3 aromatic rings. The van der Waals surface area contributed by atoms with Crippen LogP contribution >= 0.6 is 0 Å². The molecular weight excluding hydrogens is 420 g/mol. The van der Waals surface area contributed by atoms with Crippen LogP contribution in [0.3, 0.4) is 0 Å². The molecule has 1 aromatic heterocycles. The summed E-state index contributed by atoms with van der Waals surface area (Å²) in [5.74, 6) is 1.02. The Kier molecular flexibility index (Phi) is 6.92. The zero-order valence-electron chi connectivity index (χ0n) is 18.9. The van der Waals surface area contributed by atoms with E-state index in [1.807, 2.05) is 42.5 Å². The number of methoxy groups -OCH3 is 2. The largest absolute Gasteiger partial charge is 0.493 e. The van der Waals surface area contributed by atoms with Gasteiger partial charge in [0.2, 0.25) is 5.91 Å². The van der Waals surface area contributed by atoms with E-state index >= 15 is 0 Å². The molecule has 4 rings (SSSR count). The molecule has 0 radical (unpaired) electrons. The molecule has 2 aromatic carbocycles. The van der Waals surface area contributed by atoms with E-state index in [0.717, 1.165) is 23.2 Å². The molecule has 1 aliphatic heterocycles. The molecule has 33 heavy (non-hydrogen) atoms. The van der Waals surface area contributed by atoms with Crippen molar-refractivity contribution >= 4 is 17.5 Å². The molecule has 0 aliphatic carbocycles. The smallest absolute Gasteiger partial charge is 0.250 e. The van der Waals surface area contributed by atoms with Crippen LogP contribution in [0.4, 0.5) is 5.69 Å². The van der Waals surface area contributed by atoms with Crippen LogP contribution in [-0.4, -0.2) is 48.7 Å². The lowest BCUT2D eigenvalue weighted by Gasteiger charge is -2.24. The molecule has 1 N–H and O–H groups in total. The first-order valence-corrected chi connectivity index (χ1v) is 10.9. The number of benzene rings is 2. The predicted molar refractivity (Wildman–Crippen MR) is 125 cm³/mol. The van der Waals surface area contributed by atoms with Crippen molar-refractivity contribution in [3.05, 3.63) is 72.3 Å². The molecule has 8 nitrogen and oxygen atoms in total. The van der Waals surface area contributed by atoms with Gasteiger partial charge in [-0.25, -0.2) is 4.98 Å². The number of hydrogen-bond donors (Lipinski definition) is 1. The van der Waals surface area contributed by atoms with Gasteiger partial charge in [-0.2, -0.15) is 0 Å². The highest BCUT2D eigenvalue weighted by Gasteiger charge is 2.32. The van der Waals surface area contributed by atoms with Crippen LogP contribution in [0, 0.1) is 0 Å². The Balaban J connectivity index is 1.39. The molecule has 2 heterocycles. The maximum atomic E-state index is 13.4. The highest BCUT2D eigenvalue weighted by atomic mass is 16.5. The van der Waals surface area contributed by atoms with Gasteiger partial charge in [0, 0.05) is 31.2 Å². The molecule has 0 bridgehead atoms. The molecule has 0 saturated heterocycles. The number of fused-ring (bicyclic) bond motifs is 1. The average Bonchev–Trinajstić information content (AvgIpc) is 3.52. The highest BCUT2D eigenvalue weighted by molar-refractivity contribution is 6.00. The van der Waals surface area contributed by atoms with Crippen LogP contribution in [0.5, 0.6) is 11.5 Å². The van der Waals surface area contributed by atoms with E-state index in [2.05, 4.69) is 10.3 Å². The van der Waals surface area contributed by atoms with E-state index in [1.165, 1.54) is 0 Å². The lowest BCUT2D eigenvalue weighted by Crippen LogP contribution is -2.39. The van der Waals surface area contributed by atoms with Crippen LogP contribution in [0.15, 0.2) is 61.2 Å².